The molecule has 2 saturated carbocycles. The highest BCUT2D eigenvalue weighted by molar-refractivity contribution is 6.30. The predicted octanol–water partition coefficient (Wildman–Crippen LogP) is 8.45. The van der Waals surface area contributed by atoms with Gasteiger partial charge in [-0.2, -0.15) is 5.26 Å². The second-order valence-corrected chi connectivity index (χ2v) is 19.7. The van der Waals surface area contributed by atoms with Gasteiger partial charge in [-0.15, -0.1) is 0 Å². The average molecular weight is 794 g/mol. The lowest BCUT2D eigenvalue weighted by molar-refractivity contribution is -0.0886. The number of nitrogens with zero attached hydrogens (tertiary/aromatic N) is 7. The Morgan fingerprint density at radius 3 is 2.00 bits per heavy atom. The van der Waals surface area contributed by atoms with E-state index in [2.05, 4.69) is 51.7 Å². The summed E-state index contributed by atoms with van der Waals surface area (Å²) in [7, 11) is 0. The molecule has 11 heteroatoms. The third kappa shape index (κ3) is 8.77. The van der Waals surface area contributed by atoms with Crippen LogP contribution in [0.2, 0.25) is 5.02 Å². The second kappa shape index (κ2) is 15.7. The van der Waals surface area contributed by atoms with E-state index >= 15 is 0 Å². The highest BCUT2D eigenvalue weighted by atomic mass is 35.5. The maximum absolute atomic E-state index is 12.5. The lowest BCUT2D eigenvalue weighted by Crippen LogP contribution is -2.61. The van der Waals surface area contributed by atoms with E-state index in [4.69, 9.17) is 26.1 Å². The predicted molar refractivity (Wildman–Crippen MR) is 224 cm³/mol. The molecule has 304 valence electrons. The quantitative estimate of drug-likeness (QED) is 0.223. The summed E-state index contributed by atoms with van der Waals surface area (Å²) < 4.78 is 11.8. The van der Waals surface area contributed by atoms with E-state index in [1.54, 1.807) is 6.07 Å². The molecule has 0 N–H and O–H groups in total. The second-order valence-electron chi connectivity index (χ2n) is 19.3. The van der Waals surface area contributed by atoms with Crippen LogP contribution in [0.15, 0.2) is 54.7 Å². The molecule has 10 nitrogen and oxygen atoms in total. The molecule has 3 aliphatic heterocycles. The third-order valence-electron chi connectivity index (χ3n) is 14.1. The molecule has 1 amide bonds. The molecule has 0 unspecified atom stereocenters. The monoisotopic (exact) mass is 793 g/mol. The Morgan fingerprint density at radius 1 is 0.807 bits per heavy atom. The minimum absolute atomic E-state index is 0.148. The first-order valence-electron chi connectivity index (χ1n) is 21.2. The van der Waals surface area contributed by atoms with E-state index in [0.717, 1.165) is 86.7 Å². The summed E-state index contributed by atoms with van der Waals surface area (Å²) in [5, 5.41) is 9.98. The number of amides is 1. The van der Waals surface area contributed by atoms with Crippen molar-refractivity contribution in [3.05, 3.63) is 82.1 Å². The number of aromatic nitrogens is 2. The number of piperazine rings is 1. The number of nitriles is 1. The van der Waals surface area contributed by atoms with Gasteiger partial charge >= 0.3 is 6.09 Å². The highest BCUT2D eigenvalue weighted by Crippen LogP contribution is 2.55. The molecule has 3 aromatic rings. The largest absolute Gasteiger partial charge is 0.487 e. The van der Waals surface area contributed by atoms with Crippen LogP contribution in [-0.4, -0.2) is 101 Å². The van der Waals surface area contributed by atoms with Gasteiger partial charge in [0, 0.05) is 68.0 Å². The fourth-order valence-electron chi connectivity index (χ4n) is 10.3. The minimum Gasteiger partial charge on any atom is -0.487 e. The number of benzene rings is 2. The van der Waals surface area contributed by atoms with Crippen molar-refractivity contribution >= 4 is 23.6 Å². The fraction of sp³-hybridized carbons (Fsp3) is 0.609. The zero-order valence-corrected chi connectivity index (χ0v) is 35.4. The van der Waals surface area contributed by atoms with Crippen LogP contribution in [0.25, 0.3) is 0 Å². The molecule has 57 heavy (non-hydrogen) atoms. The Balaban J connectivity index is 0.747. The van der Waals surface area contributed by atoms with Crippen molar-refractivity contribution in [2.24, 2.45) is 10.8 Å². The van der Waals surface area contributed by atoms with Gasteiger partial charge in [-0.3, -0.25) is 4.90 Å². The number of anilines is 1. The van der Waals surface area contributed by atoms with Gasteiger partial charge in [-0.05, 0) is 144 Å². The normalized spacial score (nSPS) is 21.8. The number of rotatable bonds is 8. The van der Waals surface area contributed by atoms with Gasteiger partial charge in [0.1, 0.15) is 18.0 Å². The van der Waals surface area contributed by atoms with Crippen LogP contribution >= 0.6 is 11.6 Å². The van der Waals surface area contributed by atoms with Crippen molar-refractivity contribution in [3.63, 3.8) is 0 Å². The fourth-order valence-corrected chi connectivity index (χ4v) is 10.5. The van der Waals surface area contributed by atoms with Crippen LogP contribution in [0.1, 0.15) is 108 Å². The number of carbonyl (C=O) groups excluding carboxylic acids is 1. The zero-order valence-electron chi connectivity index (χ0n) is 34.6. The van der Waals surface area contributed by atoms with Gasteiger partial charge in [0.25, 0.3) is 0 Å². The van der Waals surface area contributed by atoms with Crippen LogP contribution in [-0.2, 0) is 16.8 Å². The molecular formula is C46H60ClN7O3. The molecule has 1 aromatic heterocycles. The molecule has 8 rings (SSSR count). The lowest BCUT2D eigenvalue weighted by Gasteiger charge is -2.60. The molecule has 0 bridgehead atoms. The Kier molecular flexibility index (Phi) is 11.0. The first-order chi connectivity index (χ1) is 27.2. The maximum atomic E-state index is 12.5. The van der Waals surface area contributed by atoms with Gasteiger partial charge in [0.15, 0.2) is 0 Å². The molecule has 2 spiro atoms. The number of hydrogen-bond acceptors (Lipinski definition) is 9. The molecule has 0 radical (unpaired) electrons. The summed E-state index contributed by atoms with van der Waals surface area (Å²) in [5.74, 6) is 1.57. The number of carbonyl (C=O) groups is 1. The average Bonchev–Trinajstić information content (AvgIpc) is 3.18. The molecule has 0 atom stereocenters. The summed E-state index contributed by atoms with van der Waals surface area (Å²) in [4.78, 5) is 31.9. The molecule has 2 aromatic carbocycles. The molecule has 3 saturated heterocycles. The van der Waals surface area contributed by atoms with Crippen LogP contribution in [0.5, 0.6) is 5.75 Å². The van der Waals surface area contributed by atoms with Gasteiger partial charge in [0.05, 0.1) is 17.3 Å². The van der Waals surface area contributed by atoms with E-state index in [0.29, 0.717) is 34.1 Å². The summed E-state index contributed by atoms with van der Waals surface area (Å²) in [6.07, 6.45) is 11.9. The Labute approximate surface area is 344 Å². The topological polar surface area (TPSA) is 98.1 Å². The standard InChI is InChI=1S/C46H60ClN7O3/c1-43(2,3)57-42(55)54-18-13-46(14-19-54)27-38(28-46)51-16-11-45(12-17-51)29-39(30-45)52-20-22-53(23-21-52)41-49-15-10-37(50-41)32-56-40-8-6-34(7-9-40)44(4,5)35-24-33(31-48)25-36(47)26-35/h6-10,15,24-26,38-39H,11-14,16-23,27-30,32H2,1-5H3. The van der Waals surface area contributed by atoms with Crippen molar-refractivity contribution in [2.75, 3.05) is 57.3 Å². The minimum atomic E-state index is -0.432. The summed E-state index contributed by atoms with van der Waals surface area (Å²) in [6.45, 7) is 18.7. The van der Waals surface area contributed by atoms with Crippen LogP contribution in [0.4, 0.5) is 10.7 Å². The molecule has 5 fully saturated rings. The van der Waals surface area contributed by atoms with E-state index in [1.807, 2.05) is 62.2 Å². The number of likely N-dealkylation sites (tertiary alicyclic amines) is 2. The van der Waals surface area contributed by atoms with Crippen LogP contribution in [0, 0.1) is 22.2 Å². The lowest BCUT2D eigenvalue weighted by atomic mass is 9.57. The summed E-state index contributed by atoms with van der Waals surface area (Å²) in [5.41, 5.74) is 3.76. The van der Waals surface area contributed by atoms with Crippen LogP contribution in [0.3, 0.4) is 0 Å². The first kappa shape index (κ1) is 39.9. The van der Waals surface area contributed by atoms with E-state index < -0.39 is 5.60 Å². The maximum Gasteiger partial charge on any atom is 0.410 e. The van der Waals surface area contributed by atoms with Gasteiger partial charge in [-0.1, -0.05) is 37.6 Å². The first-order valence-corrected chi connectivity index (χ1v) is 21.6. The third-order valence-corrected chi connectivity index (χ3v) is 14.3. The van der Waals surface area contributed by atoms with Crippen molar-refractivity contribution in [2.45, 2.75) is 116 Å². The number of piperidine rings is 2. The Bertz CT molecular complexity index is 1930. The molecule has 4 heterocycles. The smallest absolute Gasteiger partial charge is 0.410 e. The van der Waals surface area contributed by atoms with Crippen molar-refractivity contribution in [1.82, 2.24) is 24.7 Å². The molecular weight excluding hydrogens is 734 g/mol. The van der Waals surface area contributed by atoms with Crippen LogP contribution < -0.4 is 9.64 Å². The van der Waals surface area contributed by atoms with E-state index in [9.17, 15) is 10.1 Å². The Morgan fingerprint density at radius 2 is 1.40 bits per heavy atom. The number of hydrogen-bond donors (Lipinski definition) is 0. The summed E-state index contributed by atoms with van der Waals surface area (Å²) >= 11 is 6.31. The SMILES string of the molecule is CC(C)(C)OC(=O)N1CCC2(CC1)CC(N1CCC3(CC1)CC(N1CCN(c4nccc(COc5ccc(C(C)(C)c6cc(Cl)cc(C#N)c6)cc5)n4)CC1)C3)C2. The molecule has 2 aliphatic carbocycles. The van der Waals surface area contributed by atoms with E-state index in [1.165, 1.54) is 51.6 Å². The van der Waals surface area contributed by atoms with E-state index in [-0.39, 0.29) is 11.5 Å². The Hall–Kier alpha value is -3.91. The zero-order chi connectivity index (χ0) is 40.0. The van der Waals surface area contributed by atoms with Crippen molar-refractivity contribution < 1.29 is 14.3 Å². The van der Waals surface area contributed by atoms with Crippen molar-refractivity contribution in [1.29, 1.82) is 5.26 Å². The molecule has 5 aliphatic rings. The van der Waals surface area contributed by atoms with Crippen molar-refractivity contribution in [3.8, 4) is 11.8 Å². The number of ether oxygens (including phenoxy) is 2. The number of halogens is 1. The van der Waals surface area contributed by atoms with Gasteiger partial charge in [0.2, 0.25) is 5.95 Å². The van der Waals surface area contributed by atoms with Gasteiger partial charge in [-0.25, -0.2) is 14.8 Å². The highest BCUT2D eigenvalue weighted by Gasteiger charge is 2.52. The van der Waals surface area contributed by atoms with Gasteiger partial charge < -0.3 is 24.2 Å². The summed E-state index contributed by atoms with van der Waals surface area (Å²) in [6, 6.07) is 19.2.